The summed E-state index contributed by atoms with van der Waals surface area (Å²) >= 11 is 6.02. The van der Waals surface area contributed by atoms with Crippen LogP contribution >= 0.6 is 11.6 Å². The second kappa shape index (κ2) is 9.51. The van der Waals surface area contributed by atoms with E-state index in [4.69, 9.17) is 21.2 Å². The van der Waals surface area contributed by atoms with Gasteiger partial charge in [0.1, 0.15) is 0 Å². The number of benzene rings is 1. The summed E-state index contributed by atoms with van der Waals surface area (Å²) in [5.74, 6) is 0.961. The maximum Gasteiger partial charge on any atom is 0.317 e. The lowest BCUT2D eigenvalue weighted by atomic mass is 10.2. The Hall–Kier alpha value is -3.24. The number of nitrogens with one attached hydrogen (secondary N) is 2. The number of ether oxygens (including phenoxy) is 1. The highest BCUT2D eigenvalue weighted by Crippen LogP contribution is 2.25. The van der Waals surface area contributed by atoms with E-state index < -0.39 is 12.3 Å². The van der Waals surface area contributed by atoms with Crippen molar-refractivity contribution in [2.45, 2.75) is 33.1 Å². The molecule has 4 rings (SSSR count). The molecule has 2 aromatic heterocycles. The smallest absolute Gasteiger partial charge is 0.317 e. The van der Waals surface area contributed by atoms with Gasteiger partial charge in [-0.25, -0.2) is 20.4 Å². The van der Waals surface area contributed by atoms with Gasteiger partial charge in [0.2, 0.25) is 6.23 Å². The first-order valence-corrected chi connectivity index (χ1v) is 9.75. The van der Waals surface area contributed by atoms with Gasteiger partial charge < -0.3 is 4.74 Å². The lowest BCUT2D eigenvalue weighted by molar-refractivity contribution is 0.0351. The number of nitrogens with zero attached hydrogens (tertiary/aromatic N) is 5. The molecule has 3 aromatic rings. The second-order valence-corrected chi connectivity index (χ2v) is 6.54. The molecule has 2 atom stereocenters. The molecule has 0 radical (unpaired) electrons. The molecular weight excluding hydrogens is 410 g/mol. The normalized spacial score (nSPS) is 16.2. The number of hydrogen-bond donors (Lipinski definition) is 2. The van der Waals surface area contributed by atoms with Gasteiger partial charge in [-0.1, -0.05) is 42.7 Å². The maximum atomic E-state index is 11.4. The Morgan fingerprint density at radius 2 is 2.07 bits per heavy atom. The number of hydroxylamine groups is 1. The molecule has 2 N–H and O–H groups in total. The standard InChI is InChI=1S/C17H16ClN7O3.C2H6/c1-9(14-20-16(28-24-14)10-4-3-5-12(18)6-10)27-17-23-22-15(25(17)2)11-7-13(26)21-19-8-11;1-2/h3-9,16H,1-2H3,(H,20,24)(H,21,26);1-2H3. The van der Waals surface area contributed by atoms with E-state index in [9.17, 15) is 4.79 Å². The summed E-state index contributed by atoms with van der Waals surface area (Å²) in [6, 6.07) is 8.93. The Labute approximate surface area is 177 Å². The average Bonchev–Trinajstić information content (AvgIpc) is 3.37. The zero-order valence-electron chi connectivity index (χ0n) is 17.0. The van der Waals surface area contributed by atoms with E-state index in [0.29, 0.717) is 22.2 Å². The summed E-state index contributed by atoms with van der Waals surface area (Å²) in [6.07, 6.45) is 0.499. The number of halogens is 1. The molecule has 0 saturated carbocycles. The molecule has 0 aliphatic carbocycles. The van der Waals surface area contributed by atoms with E-state index in [0.717, 1.165) is 5.56 Å². The predicted octanol–water partition coefficient (Wildman–Crippen LogP) is 2.64. The van der Waals surface area contributed by atoms with E-state index in [1.807, 2.05) is 26.0 Å². The van der Waals surface area contributed by atoms with Crippen LogP contribution in [0.25, 0.3) is 11.4 Å². The topological polar surface area (TPSA) is 119 Å². The molecular formula is C19H22ClN7O3. The summed E-state index contributed by atoms with van der Waals surface area (Å²) < 4.78 is 7.48. The molecule has 1 aromatic carbocycles. The summed E-state index contributed by atoms with van der Waals surface area (Å²) in [6.45, 7) is 5.80. The minimum absolute atomic E-state index is 0.262. The molecule has 11 heteroatoms. The molecule has 10 nitrogen and oxygen atoms in total. The number of rotatable bonds is 5. The number of hydrogen-bond acceptors (Lipinski definition) is 8. The number of aliphatic imine (C=N–C) groups is 1. The average molecular weight is 432 g/mol. The molecule has 30 heavy (non-hydrogen) atoms. The van der Waals surface area contributed by atoms with Gasteiger partial charge in [0, 0.05) is 29.3 Å². The fourth-order valence-corrected chi connectivity index (χ4v) is 2.87. The Kier molecular flexibility index (Phi) is 6.80. The monoisotopic (exact) mass is 431 g/mol. The molecule has 158 valence electrons. The van der Waals surface area contributed by atoms with Gasteiger partial charge in [0.05, 0.1) is 6.20 Å². The zero-order valence-corrected chi connectivity index (χ0v) is 17.7. The van der Waals surface area contributed by atoms with Crippen LogP contribution < -0.4 is 15.8 Å². The minimum Gasteiger partial charge on any atom is -0.452 e. The minimum atomic E-state index is -0.517. The first-order valence-electron chi connectivity index (χ1n) is 9.37. The van der Waals surface area contributed by atoms with E-state index >= 15 is 0 Å². The Bertz CT molecular complexity index is 1100. The first kappa shape index (κ1) is 21.5. The van der Waals surface area contributed by atoms with Crippen LogP contribution in [0.4, 0.5) is 0 Å². The zero-order chi connectivity index (χ0) is 21.7. The molecule has 0 fully saturated rings. The van der Waals surface area contributed by atoms with Gasteiger partial charge >= 0.3 is 6.01 Å². The van der Waals surface area contributed by atoms with Crippen LogP contribution in [-0.2, 0) is 11.9 Å². The van der Waals surface area contributed by atoms with Crippen LogP contribution in [-0.4, -0.2) is 36.9 Å². The molecule has 1 aliphatic heterocycles. The summed E-state index contributed by atoms with van der Waals surface area (Å²) in [4.78, 5) is 21.4. The molecule has 0 bridgehead atoms. The highest BCUT2D eigenvalue weighted by atomic mass is 35.5. The van der Waals surface area contributed by atoms with Crippen molar-refractivity contribution in [3.63, 3.8) is 0 Å². The first-order chi connectivity index (χ1) is 14.5. The van der Waals surface area contributed by atoms with Crippen molar-refractivity contribution < 1.29 is 9.57 Å². The van der Waals surface area contributed by atoms with Crippen LogP contribution in [0.1, 0.15) is 32.6 Å². The van der Waals surface area contributed by atoms with Gasteiger partial charge in [-0.3, -0.25) is 9.36 Å². The lowest BCUT2D eigenvalue weighted by Gasteiger charge is -2.13. The van der Waals surface area contributed by atoms with Crippen molar-refractivity contribution in [3.05, 3.63) is 57.5 Å². The maximum absolute atomic E-state index is 11.4. The van der Waals surface area contributed by atoms with Crippen LogP contribution in [0.5, 0.6) is 6.01 Å². The van der Waals surface area contributed by atoms with Crippen LogP contribution in [0.15, 0.2) is 46.3 Å². The molecule has 3 heterocycles. The SMILES string of the molecule is CC.CC(Oc1nnc(-c2cn[nH]c(=O)c2)n1C)C1=NC(c2cccc(Cl)c2)ON1. The Morgan fingerprint density at radius 3 is 2.80 bits per heavy atom. The van der Waals surface area contributed by atoms with Gasteiger partial charge in [0.15, 0.2) is 17.8 Å². The van der Waals surface area contributed by atoms with Crippen LogP contribution in [0.3, 0.4) is 0 Å². The third kappa shape index (κ3) is 4.66. The van der Waals surface area contributed by atoms with E-state index in [1.54, 1.807) is 30.7 Å². The Morgan fingerprint density at radius 1 is 1.27 bits per heavy atom. The van der Waals surface area contributed by atoms with Crippen molar-refractivity contribution in [3.8, 4) is 17.4 Å². The fraction of sp³-hybridized carbons (Fsp3) is 0.316. The van der Waals surface area contributed by atoms with Crippen LogP contribution in [0.2, 0.25) is 5.02 Å². The lowest BCUT2D eigenvalue weighted by Crippen LogP contribution is -2.33. The van der Waals surface area contributed by atoms with Crippen LogP contribution in [0, 0.1) is 0 Å². The van der Waals surface area contributed by atoms with Crippen molar-refractivity contribution in [1.82, 2.24) is 30.4 Å². The van der Waals surface area contributed by atoms with Crippen molar-refractivity contribution in [2.75, 3.05) is 0 Å². The molecule has 1 aliphatic rings. The fourth-order valence-electron chi connectivity index (χ4n) is 2.67. The third-order valence-corrected chi connectivity index (χ3v) is 4.33. The number of aromatic nitrogens is 5. The molecule has 0 spiro atoms. The summed E-state index contributed by atoms with van der Waals surface area (Å²) in [7, 11) is 1.73. The predicted molar refractivity (Wildman–Crippen MR) is 112 cm³/mol. The highest BCUT2D eigenvalue weighted by Gasteiger charge is 2.26. The van der Waals surface area contributed by atoms with Gasteiger partial charge in [0.25, 0.3) is 5.56 Å². The van der Waals surface area contributed by atoms with Gasteiger partial charge in [-0.2, -0.15) is 5.10 Å². The Balaban J connectivity index is 0.00000124. The van der Waals surface area contributed by atoms with Crippen molar-refractivity contribution in [2.24, 2.45) is 12.0 Å². The summed E-state index contributed by atoms with van der Waals surface area (Å²) in [5.41, 5.74) is 3.80. The number of H-pyrrole nitrogens is 1. The van der Waals surface area contributed by atoms with Gasteiger partial charge in [-0.15, -0.1) is 5.10 Å². The number of aromatic amines is 1. The van der Waals surface area contributed by atoms with Gasteiger partial charge in [-0.05, 0) is 19.1 Å². The molecule has 2 unspecified atom stereocenters. The molecule has 0 saturated heterocycles. The highest BCUT2D eigenvalue weighted by molar-refractivity contribution is 6.30. The second-order valence-electron chi connectivity index (χ2n) is 6.10. The third-order valence-electron chi connectivity index (χ3n) is 4.09. The van der Waals surface area contributed by atoms with E-state index in [1.165, 1.54) is 12.3 Å². The van der Waals surface area contributed by atoms with Crippen molar-refractivity contribution >= 4 is 17.4 Å². The largest absolute Gasteiger partial charge is 0.452 e. The van der Waals surface area contributed by atoms with E-state index in [2.05, 4.69) is 30.9 Å². The van der Waals surface area contributed by atoms with Crippen molar-refractivity contribution in [1.29, 1.82) is 0 Å². The quantitative estimate of drug-likeness (QED) is 0.637. The summed E-state index contributed by atoms with van der Waals surface area (Å²) in [5, 5.41) is 14.8. The molecule has 0 amide bonds. The number of amidine groups is 1. The van der Waals surface area contributed by atoms with E-state index in [-0.39, 0.29) is 11.6 Å².